The van der Waals surface area contributed by atoms with Gasteiger partial charge in [0.25, 0.3) is 5.91 Å². The van der Waals surface area contributed by atoms with Gasteiger partial charge in [0, 0.05) is 44.1 Å². The molecule has 1 saturated heterocycles. The molecular weight excluding hydrogens is 383 g/mol. The third-order valence-electron chi connectivity index (χ3n) is 4.26. The molecular formula is C17H16F3N3O3S. The van der Waals surface area contributed by atoms with Crippen LogP contribution >= 0.6 is 0 Å². The number of carbonyl (C=O) groups excluding carboxylic acids is 1. The molecule has 1 aliphatic rings. The topological polar surface area (TPSA) is 70.6 Å². The molecule has 2 aromatic rings. The monoisotopic (exact) mass is 399 g/mol. The molecule has 0 aliphatic carbocycles. The van der Waals surface area contributed by atoms with E-state index < -0.39 is 27.7 Å². The minimum atomic E-state index is -4.46. The van der Waals surface area contributed by atoms with E-state index in [1.165, 1.54) is 33.7 Å². The molecule has 3 rings (SSSR count). The van der Waals surface area contributed by atoms with Gasteiger partial charge in [-0.3, -0.25) is 9.78 Å². The van der Waals surface area contributed by atoms with Gasteiger partial charge in [0.2, 0.25) is 10.0 Å². The summed E-state index contributed by atoms with van der Waals surface area (Å²) in [5.41, 5.74) is -0.696. The molecule has 1 amide bonds. The first-order valence-corrected chi connectivity index (χ1v) is 9.50. The van der Waals surface area contributed by atoms with E-state index in [-0.39, 0.29) is 36.6 Å². The Morgan fingerprint density at radius 3 is 2.15 bits per heavy atom. The Kier molecular flexibility index (Phi) is 5.20. The van der Waals surface area contributed by atoms with Crippen LogP contribution in [-0.4, -0.2) is 54.7 Å². The van der Waals surface area contributed by atoms with Crippen LogP contribution in [0.2, 0.25) is 0 Å². The number of nitrogens with zero attached hydrogens (tertiary/aromatic N) is 3. The van der Waals surface area contributed by atoms with Crippen molar-refractivity contribution in [2.24, 2.45) is 0 Å². The van der Waals surface area contributed by atoms with Gasteiger partial charge in [-0.25, -0.2) is 8.42 Å². The molecule has 0 N–H and O–H groups in total. The molecule has 1 aromatic carbocycles. The van der Waals surface area contributed by atoms with E-state index >= 15 is 0 Å². The second kappa shape index (κ2) is 7.28. The lowest BCUT2D eigenvalue weighted by Gasteiger charge is -2.34. The normalized spacial score (nSPS) is 16.3. The first-order chi connectivity index (χ1) is 12.7. The van der Waals surface area contributed by atoms with E-state index in [4.69, 9.17) is 0 Å². The largest absolute Gasteiger partial charge is 0.416 e. The fourth-order valence-corrected chi connectivity index (χ4v) is 4.15. The summed E-state index contributed by atoms with van der Waals surface area (Å²) in [6, 6.07) is 6.94. The van der Waals surface area contributed by atoms with Gasteiger partial charge in [-0.1, -0.05) is 0 Å². The van der Waals surface area contributed by atoms with Crippen LogP contribution in [0.5, 0.6) is 0 Å². The summed E-state index contributed by atoms with van der Waals surface area (Å²) in [7, 11) is -3.69. The van der Waals surface area contributed by atoms with Crippen LogP contribution in [-0.2, 0) is 16.2 Å². The van der Waals surface area contributed by atoms with Gasteiger partial charge in [-0.15, -0.1) is 0 Å². The molecule has 1 aromatic heterocycles. The number of alkyl halides is 3. The lowest BCUT2D eigenvalue weighted by molar-refractivity contribution is -0.137. The van der Waals surface area contributed by atoms with Gasteiger partial charge in [0.15, 0.2) is 0 Å². The van der Waals surface area contributed by atoms with Gasteiger partial charge in [0.1, 0.15) is 4.90 Å². The van der Waals surface area contributed by atoms with Gasteiger partial charge in [-0.05, 0) is 36.4 Å². The van der Waals surface area contributed by atoms with Crippen LogP contribution in [0.15, 0.2) is 53.7 Å². The maximum Gasteiger partial charge on any atom is 0.416 e. The van der Waals surface area contributed by atoms with Crippen molar-refractivity contribution < 1.29 is 26.4 Å². The number of rotatable bonds is 3. The molecule has 2 heterocycles. The van der Waals surface area contributed by atoms with Crippen LogP contribution in [0.4, 0.5) is 13.2 Å². The van der Waals surface area contributed by atoms with Gasteiger partial charge >= 0.3 is 6.18 Å². The van der Waals surface area contributed by atoms with Crippen molar-refractivity contribution in [2.75, 3.05) is 26.2 Å². The van der Waals surface area contributed by atoms with Crippen molar-refractivity contribution in [3.8, 4) is 0 Å². The number of piperazine rings is 1. The van der Waals surface area contributed by atoms with Gasteiger partial charge < -0.3 is 4.90 Å². The highest BCUT2D eigenvalue weighted by atomic mass is 32.2. The van der Waals surface area contributed by atoms with Crippen molar-refractivity contribution in [1.82, 2.24) is 14.2 Å². The van der Waals surface area contributed by atoms with E-state index in [9.17, 15) is 26.4 Å². The second-order valence-corrected chi connectivity index (χ2v) is 7.90. The standard InChI is InChI=1S/C17H16F3N3O3S/c18-17(19,20)14-5-3-13(4-6-14)16(24)22-8-10-23(11-9-22)27(25,26)15-2-1-7-21-12-15/h1-7,12H,8-11H2. The summed E-state index contributed by atoms with van der Waals surface area (Å²) >= 11 is 0. The Balaban J connectivity index is 1.66. The van der Waals surface area contributed by atoms with E-state index in [1.807, 2.05) is 0 Å². The minimum Gasteiger partial charge on any atom is -0.336 e. The summed E-state index contributed by atoms with van der Waals surface area (Å²) in [5.74, 6) is -0.429. The number of hydrogen-bond acceptors (Lipinski definition) is 4. The van der Waals surface area contributed by atoms with E-state index in [0.717, 1.165) is 24.3 Å². The molecule has 0 bridgehead atoms. The number of benzene rings is 1. The van der Waals surface area contributed by atoms with Crippen LogP contribution in [0.1, 0.15) is 15.9 Å². The molecule has 0 unspecified atom stereocenters. The Morgan fingerprint density at radius 2 is 1.63 bits per heavy atom. The molecule has 10 heteroatoms. The van der Waals surface area contributed by atoms with Crippen molar-refractivity contribution in [3.63, 3.8) is 0 Å². The van der Waals surface area contributed by atoms with Crippen molar-refractivity contribution in [2.45, 2.75) is 11.1 Å². The molecule has 1 aliphatic heterocycles. The highest BCUT2D eigenvalue weighted by molar-refractivity contribution is 7.89. The summed E-state index contributed by atoms with van der Waals surface area (Å²) in [4.78, 5) is 17.8. The summed E-state index contributed by atoms with van der Waals surface area (Å²) in [5, 5.41) is 0. The Morgan fingerprint density at radius 1 is 1.00 bits per heavy atom. The smallest absolute Gasteiger partial charge is 0.336 e. The molecule has 0 saturated carbocycles. The van der Waals surface area contributed by atoms with E-state index in [2.05, 4.69) is 4.98 Å². The zero-order valence-corrected chi connectivity index (χ0v) is 14.9. The highest BCUT2D eigenvalue weighted by Gasteiger charge is 2.32. The predicted octanol–water partition coefficient (Wildman–Crippen LogP) is 2.25. The summed E-state index contributed by atoms with van der Waals surface area (Å²) < 4.78 is 64.2. The Labute approximate surface area is 154 Å². The Bertz CT molecular complexity index is 908. The van der Waals surface area contributed by atoms with E-state index in [1.54, 1.807) is 0 Å². The zero-order valence-electron chi connectivity index (χ0n) is 14.1. The quantitative estimate of drug-likeness (QED) is 0.794. The first kappa shape index (κ1) is 19.3. The highest BCUT2D eigenvalue weighted by Crippen LogP contribution is 2.29. The number of sulfonamides is 1. The number of hydrogen-bond donors (Lipinski definition) is 0. The van der Waals surface area contributed by atoms with E-state index in [0.29, 0.717) is 0 Å². The summed E-state index contributed by atoms with van der Waals surface area (Å²) in [6.45, 7) is 0.506. The third kappa shape index (κ3) is 4.11. The van der Waals surface area contributed by atoms with Crippen LogP contribution in [0, 0.1) is 0 Å². The fraction of sp³-hybridized carbons (Fsp3) is 0.294. The summed E-state index contributed by atoms with van der Waals surface area (Å²) in [6.07, 6.45) is -1.73. The molecule has 27 heavy (non-hydrogen) atoms. The van der Waals surface area contributed by atoms with Crippen LogP contribution in [0.3, 0.4) is 0 Å². The molecule has 0 radical (unpaired) electrons. The molecule has 6 nitrogen and oxygen atoms in total. The molecule has 144 valence electrons. The number of carbonyl (C=O) groups is 1. The third-order valence-corrected chi connectivity index (χ3v) is 6.14. The second-order valence-electron chi connectivity index (χ2n) is 5.96. The van der Waals surface area contributed by atoms with Crippen LogP contribution < -0.4 is 0 Å². The van der Waals surface area contributed by atoms with Crippen molar-refractivity contribution in [3.05, 3.63) is 59.9 Å². The number of aromatic nitrogens is 1. The SMILES string of the molecule is O=C(c1ccc(C(F)(F)F)cc1)N1CCN(S(=O)(=O)c2cccnc2)CC1. The Hall–Kier alpha value is -2.46. The fourth-order valence-electron chi connectivity index (χ4n) is 2.76. The van der Waals surface area contributed by atoms with Crippen molar-refractivity contribution in [1.29, 1.82) is 0 Å². The maximum absolute atomic E-state index is 12.6. The number of amides is 1. The van der Waals surface area contributed by atoms with Crippen molar-refractivity contribution >= 4 is 15.9 Å². The van der Waals surface area contributed by atoms with Gasteiger partial charge in [0.05, 0.1) is 5.56 Å². The number of halogens is 3. The average molecular weight is 399 g/mol. The first-order valence-electron chi connectivity index (χ1n) is 8.06. The lowest BCUT2D eigenvalue weighted by Crippen LogP contribution is -2.50. The molecule has 1 fully saturated rings. The average Bonchev–Trinajstić information content (AvgIpc) is 2.67. The predicted molar refractivity (Wildman–Crippen MR) is 90.3 cm³/mol. The number of pyridine rings is 1. The minimum absolute atomic E-state index is 0.0764. The van der Waals surface area contributed by atoms with Gasteiger partial charge in [-0.2, -0.15) is 17.5 Å². The zero-order chi connectivity index (χ0) is 19.7. The molecule has 0 spiro atoms. The molecule has 0 atom stereocenters. The lowest BCUT2D eigenvalue weighted by atomic mass is 10.1. The van der Waals surface area contributed by atoms with Crippen LogP contribution in [0.25, 0.3) is 0 Å². The maximum atomic E-state index is 12.6.